The number of aliphatic hydroxyl groups is 1. The highest BCUT2D eigenvalue weighted by Gasteiger charge is 2.28. The average molecular weight is 1050 g/mol. The Hall–Kier alpha value is -2.58. The van der Waals surface area contributed by atoms with Crippen molar-refractivity contribution in [3.63, 3.8) is 0 Å². The number of nitrogens with one attached hydrogen (secondary N) is 1. The van der Waals surface area contributed by atoms with Crippen LogP contribution in [0.1, 0.15) is 258 Å². The van der Waals surface area contributed by atoms with Gasteiger partial charge in [0.1, 0.15) is 13.2 Å². The van der Waals surface area contributed by atoms with E-state index in [1.54, 1.807) is 0 Å². The largest absolute Gasteiger partial charge is 0.472 e. The molecule has 3 unspecified atom stereocenters. The lowest BCUT2D eigenvalue weighted by Crippen LogP contribution is -2.46. The molecule has 0 fully saturated rings. The van der Waals surface area contributed by atoms with E-state index in [1.807, 2.05) is 21.1 Å². The molecule has 1 amide bonds. The maximum Gasteiger partial charge on any atom is 0.472 e. The van der Waals surface area contributed by atoms with Crippen molar-refractivity contribution < 1.29 is 32.9 Å². The van der Waals surface area contributed by atoms with Gasteiger partial charge in [-0.15, -0.1) is 0 Å². The molecule has 0 aliphatic rings. The monoisotopic (exact) mass is 1050 g/mol. The van der Waals surface area contributed by atoms with Crippen LogP contribution in [0.4, 0.5) is 0 Å². The smallest absolute Gasteiger partial charge is 0.391 e. The van der Waals surface area contributed by atoms with Gasteiger partial charge in [-0.2, -0.15) is 0 Å². The molecule has 0 aromatic rings. The number of allylic oxidation sites excluding steroid dienone is 16. The summed E-state index contributed by atoms with van der Waals surface area (Å²) in [4.78, 5) is 23.4. The highest BCUT2D eigenvalue weighted by Crippen LogP contribution is 2.43. The summed E-state index contributed by atoms with van der Waals surface area (Å²) in [7, 11) is 1.60. The van der Waals surface area contributed by atoms with Gasteiger partial charge < -0.3 is 19.8 Å². The number of quaternary nitrogens is 1. The maximum absolute atomic E-state index is 13.0. The number of amides is 1. The van der Waals surface area contributed by atoms with Gasteiger partial charge in [0.15, 0.2) is 0 Å². The first-order chi connectivity index (χ1) is 36.0. The second kappa shape index (κ2) is 55.2. The molecule has 0 rings (SSSR count). The van der Waals surface area contributed by atoms with E-state index in [-0.39, 0.29) is 19.1 Å². The third-order valence-corrected chi connectivity index (χ3v) is 14.3. The molecule has 0 aliphatic carbocycles. The number of carbonyl (C=O) groups excluding carboxylic acids is 1. The zero-order valence-corrected chi connectivity index (χ0v) is 49.7. The Bertz CT molecular complexity index is 1520. The quantitative estimate of drug-likeness (QED) is 0.0243. The predicted octanol–water partition coefficient (Wildman–Crippen LogP) is 19.0. The minimum Gasteiger partial charge on any atom is -0.391 e. The third-order valence-electron chi connectivity index (χ3n) is 13.3. The van der Waals surface area contributed by atoms with E-state index in [1.165, 1.54) is 135 Å². The summed E-state index contributed by atoms with van der Waals surface area (Å²) in [6.07, 6.45) is 78.9. The summed E-state index contributed by atoms with van der Waals surface area (Å²) in [5.41, 5.74) is 0. The highest BCUT2D eigenvalue weighted by molar-refractivity contribution is 7.47. The van der Waals surface area contributed by atoms with Crippen molar-refractivity contribution in [3.05, 3.63) is 97.2 Å². The molecular formula is C65H118N2O6P+. The van der Waals surface area contributed by atoms with Gasteiger partial charge >= 0.3 is 7.82 Å². The van der Waals surface area contributed by atoms with Crippen molar-refractivity contribution in [1.29, 1.82) is 0 Å². The van der Waals surface area contributed by atoms with Crippen LogP contribution in [0.5, 0.6) is 0 Å². The van der Waals surface area contributed by atoms with Crippen LogP contribution in [0.25, 0.3) is 0 Å². The van der Waals surface area contributed by atoms with Crippen molar-refractivity contribution >= 4 is 13.7 Å². The molecule has 3 N–H and O–H groups in total. The lowest BCUT2D eigenvalue weighted by Gasteiger charge is -2.26. The first kappa shape index (κ1) is 71.4. The summed E-state index contributed by atoms with van der Waals surface area (Å²) in [5, 5.41) is 14.1. The number of nitrogens with zero attached hydrogens (tertiary/aromatic N) is 1. The molecule has 0 aromatic heterocycles. The highest BCUT2D eigenvalue weighted by atomic mass is 31.2. The molecule has 0 aromatic carbocycles. The number of carbonyl (C=O) groups is 1. The number of phosphoric acid groups is 1. The van der Waals surface area contributed by atoms with Crippen molar-refractivity contribution in [1.82, 2.24) is 5.32 Å². The number of hydrogen-bond acceptors (Lipinski definition) is 5. The van der Waals surface area contributed by atoms with E-state index < -0.39 is 20.0 Å². The van der Waals surface area contributed by atoms with Gasteiger partial charge in [-0.1, -0.05) is 272 Å². The van der Waals surface area contributed by atoms with Crippen LogP contribution in [0.2, 0.25) is 0 Å². The topological polar surface area (TPSA) is 105 Å². The molecule has 0 saturated carbocycles. The van der Waals surface area contributed by atoms with Gasteiger partial charge in [0.2, 0.25) is 5.91 Å². The van der Waals surface area contributed by atoms with Gasteiger partial charge in [0, 0.05) is 6.42 Å². The zero-order valence-electron chi connectivity index (χ0n) is 48.8. The second-order valence-corrected chi connectivity index (χ2v) is 23.2. The fourth-order valence-electron chi connectivity index (χ4n) is 8.59. The van der Waals surface area contributed by atoms with Crippen LogP contribution in [0, 0.1) is 0 Å². The fourth-order valence-corrected chi connectivity index (χ4v) is 9.33. The van der Waals surface area contributed by atoms with Crippen molar-refractivity contribution in [2.75, 3.05) is 40.9 Å². The molecule has 3 atom stereocenters. The van der Waals surface area contributed by atoms with Gasteiger partial charge in [0.25, 0.3) is 0 Å². The van der Waals surface area contributed by atoms with E-state index in [2.05, 4.69) is 116 Å². The first-order valence-electron chi connectivity index (χ1n) is 30.6. The first-order valence-corrected chi connectivity index (χ1v) is 32.1. The maximum atomic E-state index is 13.0. The molecule has 74 heavy (non-hydrogen) atoms. The van der Waals surface area contributed by atoms with Crippen LogP contribution in [-0.2, 0) is 18.4 Å². The Balaban J connectivity index is 4.17. The zero-order chi connectivity index (χ0) is 54.2. The molecule has 0 bridgehead atoms. The van der Waals surface area contributed by atoms with Gasteiger partial charge in [-0.25, -0.2) is 4.57 Å². The summed E-state index contributed by atoms with van der Waals surface area (Å²) < 4.78 is 23.8. The normalized spacial score (nSPS) is 14.5. The molecular weight excluding hydrogens is 936 g/mol. The number of aliphatic hydroxyl groups excluding tert-OH is 1. The minimum absolute atomic E-state index is 0.0688. The Morgan fingerprint density at radius 1 is 0.473 bits per heavy atom. The second-order valence-electron chi connectivity index (χ2n) is 21.7. The molecule has 0 heterocycles. The molecule has 0 saturated heterocycles. The van der Waals surface area contributed by atoms with E-state index in [0.29, 0.717) is 23.9 Å². The van der Waals surface area contributed by atoms with Crippen molar-refractivity contribution in [3.8, 4) is 0 Å². The summed E-state index contributed by atoms with van der Waals surface area (Å²) >= 11 is 0. The standard InChI is InChI=1S/C65H117N2O6P/c1-6-8-10-12-14-16-18-20-22-24-26-27-28-29-30-31-32-33-34-35-36-37-38-39-41-43-45-47-49-51-53-55-57-59-65(69)66-63(62-73-74(70,71)72-61-60-67(3,4)5)64(68)58-56-54-52-50-48-46-44-42-40-25-23-21-19-17-15-13-11-9-7-2/h8,10,14,16,20,22,26-27,29-30,32-33,35-36,38-39,63-64,68H,6-7,9,11-13,15,17-19,21,23-25,28,31,34,37,40-62H2,1-5H3,(H-,66,69,70,71)/p+1/b10-8-,16-14-,22-20-,27-26-,30-29-,33-32-,36-35-,39-38-. The molecule has 0 spiro atoms. The molecule has 428 valence electrons. The van der Waals surface area contributed by atoms with Crippen LogP contribution >= 0.6 is 7.82 Å². The van der Waals surface area contributed by atoms with Crippen LogP contribution < -0.4 is 5.32 Å². The molecule has 0 aliphatic heterocycles. The van der Waals surface area contributed by atoms with Gasteiger partial charge in [-0.05, 0) is 77.0 Å². The summed E-state index contributed by atoms with van der Waals surface area (Å²) in [6.45, 7) is 4.78. The number of likely N-dealkylation sites (N-methyl/N-ethyl adjacent to an activating group) is 1. The van der Waals surface area contributed by atoms with Gasteiger partial charge in [-0.3, -0.25) is 13.8 Å². The van der Waals surface area contributed by atoms with E-state index in [0.717, 1.165) is 96.3 Å². The minimum atomic E-state index is -4.33. The Labute approximate surface area is 458 Å². The summed E-state index contributed by atoms with van der Waals surface area (Å²) in [6, 6.07) is -0.772. The SMILES string of the molecule is CC/C=C\C/C=C\C/C=C\C/C=C\C/C=C\C/C=C\C/C=C\C/C=C\CCCCCCCCCCC(=O)NC(COP(=O)(O)OCC[N+](C)(C)C)C(O)CCCCCCCCCCCCCCCCCCCCC. The third kappa shape index (κ3) is 57.1. The van der Waals surface area contributed by atoms with E-state index in [4.69, 9.17) is 9.05 Å². The molecule has 9 heteroatoms. The fraction of sp³-hybridized carbons (Fsp3) is 0.738. The Morgan fingerprint density at radius 3 is 1.19 bits per heavy atom. The average Bonchev–Trinajstić information content (AvgIpc) is 3.36. The van der Waals surface area contributed by atoms with Crippen LogP contribution in [-0.4, -0.2) is 73.4 Å². The van der Waals surface area contributed by atoms with Crippen molar-refractivity contribution in [2.24, 2.45) is 0 Å². The van der Waals surface area contributed by atoms with E-state index in [9.17, 15) is 19.4 Å². The number of hydrogen-bond donors (Lipinski definition) is 3. The lowest BCUT2D eigenvalue weighted by molar-refractivity contribution is -0.870. The molecule has 0 radical (unpaired) electrons. The van der Waals surface area contributed by atoms with Crippen LogP contribution in [0.3, 0.4) is 0 Å². The number of phosphoric ester groups is 1. The summed E-state index contributed by atoms with van der Waals surface area (Å²) in [5.74, 6) is -0.155. The molecule has 8 nitrogen and oxygen atoms in total. The van der Waals surface area contributed by atoms with Crippen molar-refractivity contribution in [2.45, 2.75) is 270 Å². The predicted molar refractivity (Wildman–Crippen MR) is 322 cm³/mol. The number of rotatable bonds is 55. The van der Waals surface area contributed by atoms with E-state index >= 15 is 0 Å². The lowest BCUT2D eigenvalue weighted by atomic mass is 10.0. The van der Waals surface area contributed by atoms with Gasteiger partial charge in [0.05, 0.1) is 39.9 Å². The van der Waals surface area contributed by atoms with Crippen LogP contribution in [0.15, 0.2) is 97.2 Å². The Kier molecular flexibility index (Phi) is 53.3. The Morgan fingerprint density at radius 2 is 0.811 bits per heavy atom. The number of unbranched alkanes of at least 4 members (excludes halogenated alkanes) is 26.